The van der Waals surface area contributed by atoms with Crippen LogP contribution in [0.25, 0.3) is 28.3 Å². The predicted octanol–water partition coefficient (Wildman–Crippen LogP) is 2.44. The Morgan fingerprint density at radius 2 is 1.73 bits per heavy atom. The van der Waals surface area contributed by atoms with Gasteiger partial charge in [0.15, 0.2) is 11.5 Å². The Bertz CT molecular complexity index is 945. The number of nitrogens with two attached hydrogens (primary N) is 1. The number of fused-ring (bicyclic) bond motifs is 1. The Hall–Kier alpha value is -3.28. The van der Waals surface area contributed by atoms with E-state index in [1.165, 1.54) is 0 Å². The molecule has 2 N–H and O–H groups in total. The average molecular weight is 288 g/mol. The number of benzene rings is 1. The summed E-state index contributed by atoms with van der Waals surface area (Å²) in [7, 11) is 0. The maximum atomic E-state index is 5.84. The van der Waals surface area contributed by atoms with Gasteiger partial charge in [0.2, 0.25) is 0 Å². The third-order valence-corrected chi connectivity index (χ3v) is 3.38. The summed E-state index contributed by atoms with van der Waals surface area (Å²) in [6, 6.07) is 15.2. The molecule has 0 unspecified atom stereocenters. The van der Waals surface area contributed by atoms with Crippen molar-refractivity contribution in [2.75, 3.05) is 5.73 Å². The van der Waals surface area contributed by atoms with Gasteiger partial charge in [-0.15, -0.1) is 10.2 Å². The number of rotatable bonds is 2. The van der Waals surface area contributed by atoms with E-state index < -0.39 is 0 Å². The first kappa shape index (κ1) is 12.5. The van der Waals surface area contributed by atoms with Crippen LogP contribution in [0.2, 0.25) is 0 Å². The Labute approximate surface area is 126 Å². The third-order valence-electron chi connectivity index (χ3n) is 3.38. The van der Waals surface area contributed by atoms with Gasteiger partial charge in [-0.2, -0.15) is 9.61 Å². The number of nitrogen functional groups attached to an aromatic ring is 1. The lowest BCUT2D eigenvalue weighted by atomic mass is 10.1. The molecule has 0 saturated heterocycles. The fourth-order valence-corrected chi connectivity index (χ4v) is 2.32. The van der Waals surface area contributed by atoms with Gasteiger partial charge >= 0.3 is 0 Å². The molecular formula is C16H12N6. The molecule has 0 aliphatic rings. The van der Waals surface area contributed by atoms with Crippen LogP contribution in [0.5, 0.6) is 0 Å². The highest BCUT2D eigenvalue weighted by molar-refractivity contribution is 5.66. The van der Waals surface area contributed by atoms with Crippen LogP contribution in [0.4, 0.5) is 5.69 Å². The molecule has 3 aromatic heterocycles. The quantitative estimate of drug-likeness (QED) is 0.573. The number of hydrogen-bond acceptors (Lipinski definition) is 5. The molecular weight excluding hydrogens is 276 g/mol. The third kappa shape index (κ3) is 2.07. The first-order valence-electron chi connectivity index (χ1n) is 6.80. The fourth-order valence-electron chi connectivity index (χ4n) is 2.32. The second kappa shape index (κ2) is 4.92. The van der Waals surface area contributed by atoms with E-state index in [2.05, 4.69) is 20.3 Å². The SMILES string of the molecule is Nc1cccc(-c2ccc3nnc(-c4ccncc4)n3n2)c1. The number of hydrogen-bond donors (Lipinski definition) is 1. The van der Waals surface area contributed by atoms with E-state index in [9.17, 15) is 0 Å². The van der Waals surface area contributed by atoms with Gasteiger partial charge in [-0.25, -0.2) is 0 Å². The van der Waals surface area contributed by atoms with Crippen LogP contribution in [0.3, 0.4) is 0 Å². The summed E-state index contributed by atoms with van der Waals surface area (Å²) in [6.45, 7) is 0. The molecule has 0 spiro atoms. The van der Waals surface area contributed by atoms with Gasteiger partial charge in [0, 0.05) is 29.2 Å². The first-order chi connectivity index (χ1) is 10.8. The molecule has 0 amide bonds. The van der Waals surface area contributed by atoms with Gasteiger partial charge in [0.25, 0.3) is 0 Å². The fraction of sp³-hybridized carbons (Fsp3) is 0. The van der Waals surface area contributed by atoms with Gasteiger partial charge in [-0.05, 0) is 36.4 Å². The monoisotopic (exact) mass is 288 g/mol. The molecule has 0 atom stereocenters. The molecule has 22 heavy (non-hydrogen) atoms. The maximum absolute atomic E-state index is 5.84. The van der Waals surface area contributed by atoms with Crippen molar-refractivity contribution in [2.45, 2.75) is 0 Å². The first-order valence-corrected chi connectivity index (χ1v) is 6.80. The highest BCUT2D eigenvalue weighted by Gasteiger charge is 2.10. The van der Waals surface area contributed by atoms with Crippen LogP contribution >= 0.6 is 0 Å². The lowest BCUT2D eigenvalue weighted by Gasteiger charge is -2.04. The largest absolute Gasteiger partial charge is 0.399 e. The zero-order valence-corrected chi connectivity index (χ0v) is 11.6. The zero-order valence-electron chi connectivity index (χ0n) is 11.6. The van der Waals surface area contributed by atoms with Crippen molar-refractivity contribution < 1.29 is 0 Å². The van der Waals surface area contributed by atoms with Crippen molar-refractivity contribution in [3.05, 3.63) is 60.9 Å². The van der Waals surface area contributed by atoms with Crippen molar-refractivity contribution in [1.29, 1.82) is 0 Å². The number of pyridine rings is 1. The van der Waals surface area contributed by atoms with Crippen molar-refractivity contribution >= 4 is 11.3 Å². The van der Waals surface area contributed by atoms with Gasteiger partial charge < -0.3 is 5.73 Å². The Balaban J connectivity index is 1.90. The molecule has 0 aliphatic carbocycles. The van der Waals surface area contributed by atoms with Crippen molar-refractivity contribution in [3.8, 4) is 22.6 Å². The smallest absolute Gasteiger partial charge is 0.185 e. The topological polar surface area (TPSA) is 82.0 Å². The van der Waals surface area contributed by atoms with E-state index in [0.717, 1.165) is 16.8 Å². The van der Waals surface area contributed by atoms with Crippen molar-refractivity contribution in [1.82, 2.24) is 24.8 Å². The second-order valence-corrected chi connectivity index (χ2v) is 4.87. The summed E-state index contributed by atoms with van der Waals surface area (Å²) in [5.41, 5.74) is 9.93. The van der Waals surface area contributed by atoms with Crippen molar-refractivity contribution in [2.24, 2.45) is 0 Å². The molecule has 4 aromatic rings. The Morgan fingerprint density at radius 3 is 2.55 bits per heavy atom. The molecule has 0 bridgehead atoms. The Kier molecular flexibility index (Phi) is 2.79. The number of aromatic nitrogens is 5. The van der Waals surface area contributed by atoms with Crippen LogP contribution in [0.1, 0.15) is 0 Å². The van der Waals surface area contributed by atoms with Crippen LogP contribution in [-0.2, 0) is 0 Å². The summed E-state index contributed by atoms with van der Waals surface area (Å²) in [4.78, 5) is 4.02. The minimum Gasteiger partial charge on any atom is -0.399 e. The van der Waals surface area contributed by atoms with Crippen LogP contribution < -0.4 is 5.73 Å². The van der Waals surface area contributed by atoms with E-state index in [0.29, 0.717) is 17.2 Å². The minimum absolute atomic E-state index is 0.683. The maximum Gasteiger partial charge on any atom is 0.185 e. The second-order valence-electron chi connectivity index (χ2n) is 4.87. The number of nitrogens with zero attached hydrogens (tertiary/aromatic N) is 5. The van der Waals surface area contributed by atoms with Gasteiger partial charge in [0.05, 0.1) is 5.69 Å². The molecule has 0 radical (unpaired) electrons. The normalized spacial score (nSPS) is 10.9. The summed E-state index contributed by atoms with van der Waals surface area (Å²) in [6.07, 6.45) is 3.44. The molecule has 1 aromatic carbocycles. The highest BCUT2D eigenvalue weighted by Crippen LogP contribution is 2.22. The molecule has 106 valence electrons. The van der Waals surface area contributed by atoms with E-state index in [1.807, 2.05) is 48.5 Å². The van der Waals surface area contributed by atoms with Crippen LogP contribution in [0.15, 0.2) is 60.9 Å². The van der Waals surface area contributed by atoms with Crippen molar-refractivity contribution in [3.63, 3.8) is 0 Å². The summed E-state index contributed by atoms with van der Waals surface area (Å²) in [5, 5.41) is 13.0. The molecule has 6 heteroatoms. The molecule has 4 rings (SSSR count). The van der Waals surface area contributed by atoms with Gasteiger partial charge in [-0.3, -0.25) is 4.98 Å². The van der Waals surface area contributed by atoms with Gasteiger partial charge in [-0.1, -0.05) is 12.1 Å². The summed E-state index contributed by atoms with van der Waals surface area (Å²) in [5.74, 6) is 0.683. The predicted molar refractivity (Wildman–Crippen MR) is 83.9 cm³/mol. The summed E-state index contributed by atoms with van der Waals surface area (Å²) < 4.78 is 1.73. The lowest BCUT2D eigenvalue weighted by Crippen LogP contribution is -1.97. The average Bonchev–Trinajstić information content (AvgIpc) is 2.99. The number of anilines is 1. The van der Waals surface area contributed by atoms with E-state index in [1.54, 1.807) is 16.9 Å². The van der Waals surface area contributed by atoms with Gasteiger partial charge in [0.1, 0.15) is 0 Å². The molecule has 6 nitrogen and oxygen atoms in total. The lowest BCUT2D eigenvalue weighted by molar-refractivity contribution is 0.941. The standard InChI is InChI=1S/C16H12N6/c17-13-3-1-2-12(10-13)14-4-5-15-19-20-16(22(15)21-14)11-6-8-18-9-7-11/h1-10H,17H2. The molecule has 0 fully saturated rings. The highest BCUT2D eigenvalue weighted by atomic mass is 15.4. The van der Waals surface area contributed by atoms with Crippen LogP contribution in [-0.4, -0.2) is 24.8 Å². The van der Waals surface area contributed by atoms with Crippen LogP contribution in [0, 0.1) is 0 Å². The molecule has 0 saturated carbocycles. The van der Waals surface area contributed by atoms with E-state index in [-0.39, 0.29) is 0 Å². The zero-order chi connectivity index (χ0) is 14.9. The minimum atomic E-state index is 0.683. The van der Waals surface area contributed by atoms with E-state index in [4.69, 9.17) is 5.73 Å². The molecule has 3 heterocycles. The summed E-state index contributed by atoms with van der Waals surface area (Å²) >= 11 is 0. The Morgan fingerprint density at radius 1 is 0.864 bits per heavy atom. The van der Waals surface area contributed by atoms with E-state index >= 15 is 0 Å². The molecule has 0 aliphatic heterocycles.